The first-order chi connectivity index (χ1) is 11.0. The van der Waals surface area contributed by atoms with E-state index in [1.54, 1.807) is 25.4 Å². The van der Waals surface area contributed by atoms with Crippen molar-refractivity contribution in [2.75, 3.05) is 32.1 Å². The van der Waals surface area contributed by atoms with Crippen LogP contribution >= 0.6 is 15.9 Å². The molecule has 2 rings (SSSR count). The first kappa shape index (κ1) is 17.8. The van der Waals surface area contributed by atoms with Crippen LogP contribution in [0.4, 0.5) is 5.82 Å². The van der Waals surface area contributed by atoms with Crippen molar-refractivity contribution in [3.05, 3.63) is 22.8 Å². The fraction of sp³-hybridized carbons (Fsp3) is 0.533. The molecule has 1 atom stereocenters. The van der Waals surface area contributed by atoms with Gasteiger partial charge in [-0.25, -0.2) is 4.98 Å². The minimum absolute atomic E-state index is 0.0620. The van der Waals surface area contributed by atoms with Gasteiger partial charge < -0.3 is 20.7 Å². The van der Waals surface area contributed by atoms with Crippen LogP contribution in [0, 0.1) is 5.92 Å². The Balaban J connectivity index is 1.84. The van der Waals surface area contributed by atoms with E-state index >= 15 is 0 Å². The molecule has 2 amide bonds. The van der Waals surface area contributed by atoms with Gasteiger partial charge >= 0.3 is 0 Å². The Morgan fingerprint density at radius 3 is 2.78 bits per heavy atom. The van der Waals surface area contributed by atoms with Crippen molar-refractivity contribution < 1.29 is 14.3 Å². The van der Waals surface area contributed by atoms with Crippen LogP contribution in [-0.4, -0.2) is 54.5 Å². The summed E-state index contributed by atoms with van der Waals surface area (Å²) >= 11 is 3.27. The number of nitrogens with zero attached hydrogens (tertiary/aromatic N) is 2. The van der Waals surface area contributed by atoms with Crippen molar-refractivity contribution in [2.24, 2.45) is 11.7 Å². The quantitative estimate of drug-likeness (QED) is 0.788. The van der Waals surface area contributed by atoms with Gasteiger partial charge in [0.05, 0.1) is 12.6 Å². The molecule has 0 saturated carbocycles. The second-order valence-electron chi connectivity index (χ2n) is 5.58. The fourth-order valence-electron chi connectivity index (χ4n) is 2.46. The van der Waals surface area contributed by atoms with E-state index < -0.39 is 6.04 Å². The number of rotatable bonds is 5. The Hall–Kier alpha value is -1.51. The zero-order valence-electron chi connectivity index (χ0n) is 13.0. The summed E-state index contributed by atoms with van der Waals surface area (Å²) in [6.45, 7) is 1.20. The van der Waals surface area contributed by atoms with Crippen LogP contribution in [0.15, 0.2) is 22.8 Å². The Morgan fingerprint density at radius 2 is 2.17 bits per heavy atom. The number of ether oxygens (including phenoxy) is 1. The third-order valence-corrected chi connectivity index (χ3v) is 4.28. The van der Waals surface area contributed by atoms with Gasteiger partial charge in [-0.1, -0.05) is 0 Å². The Labute approximate surface area is 143 Å². The Bertz CT molecular complexity index is 546. The van der Waals surface area contributed by atoms with Gasteiger partial charge in [-0.2, -0.15) is 0 Å². The summed E-state index contributed by atoms with van der Waals surface area (Å²) in [5.74, 6) is 0.00773. The van der Waals surface area contributed by atoms with Crippen LogP contribution in [0.5, 0.6) is 0 Å². The van der Waals surface area contributed by atoms with Crippen molar-refractivity contribution in [1.29, 1.82) is 0 Å². The van der Waals surface area contributed by atoms with Gasteiger partial charge in [-0.05, 0) is 46.8 Å². The molecule has 1 fully saturated rings. The minimum atomic E-state index is -0.595. The van der Waals surface area contributed by atoms with Crippen molar-refractivity contribution in [1.82, 2.24) is 9.88 Å². The van der Waals surface area contributed by atoms with Gasteiger partial charge in [-0.15, -0.1) is 0 Å². The van der Waals surface area contributed by atoms with Crippen molar-refractivity contribution >= 4 is 33.6 Å². The topological polar surface area (TPSA) is 97.6 Å². The molecule has 0 aliphatic carbocycles. The molecule has 3 N–H and O–H groups in total. The number of hydrogen-bond acceptors (Lipinski definition) is 5. The number of nitrogens with one attached hydrogen (secondary N) is 1. The molecule has 0 bridgehead atoms. The lowest BCUT2D eigenvalue weighted by Gasteiger charge is -2.29. The monoisotopic (exact) mass is 384 g/mol. The van der Waals surface area contributed by atoms with Crippen LogP contribution in [-0.2, 0) is 14.3 Å². The van der Waals surface area contributed by atoms with Gasteiger partial charge in [-0.3, -0.25) is 9.59 Å². The highest BCUT2D eigenvalue weighted by molar-refractivity contribution is 9.10. The third kappa shape index (κ3) is 5.26. The zero-order chi connectivity index (χ0) is 16.8. The van der Waals surface area contributed by atoms with Crippen molar-refractivity contribution in [3.8, 4) is 0 Å². The standard InChI is InChI=1S/C15H21BrN4O3/c1-20(15(22)14(17)10-4-6-23-7-5-10)9-13(21)19-12-3-2-11(16)8-18-12/h2-3,8,10,14H,4-7,9,17H2,1H3,(H,18,19,21). The second kappa shape index (κ2) is 8.37. The van der Waals surface area contributed by atoms with Gasteiger partial charge in [0, 0.05) is 30.9 Å². The van der Waals surface area contributed by atoms with Crippen molar-refractivity contribution in [2.45, 2.75) is 18.9 Å². The highest BCUT2D eigenvalue weighted by atomic mass is 79.9. The predicted molar refractivity (Wildman–Crippen MR) is 89.7 cm³/mol. The van der Waals surface area contributed by atoms with Gasteiger partial charge in [0.2, 0.25) is 11.8 Å². The molecular weight excluding hydrogens is 364 g/mol. The summed E-state index contributed by atoms with van der Waals surface area (Å²) in [5.41, 5.74) is 6.04. The first-order valence-electron chi connectivity index (χ1n) is 7.47. The number of halogens is 1. The number of likely N-dealkylation sites (N-methyl/N-ethyl adjacent to an activating group) is 1. The summed E-state index contributed by atoms with van der Waals surface area (Å²) in [5, 5.41) is 2.65. The van der Waals surface area contributed by atoms with E-state index in [9.17, 15) is 9.59 Å². The maximum Gasteiger partial charge on any atom is 0.245 e. The molecule has 126 valence electrons. The molecule has 8 heteroatoms. The zero-order valence-corrected chi connectivity index (χ0v) is 14.6. The first-order valence-corrected chi connectivity index (χ1v) is 8.26. The average Bonchev–Trinajstić information content (AvgIpc) is 2.56. The molecule has 1 saturated heterocycles. The Kier molecular flexibility index (Phi) is 6.49. The molecule has 1 aromatic heterocycles. The summed E-state index contributed by atoms with van der Waals surface area (Å²) in [7, 11) is 1.58. The van der Waals surface area contributed by atoms with Crippen LogP contribution in [0.3, 0.4) is 0 Å². The lowest BCUT2D eigenvalue weighted by Crippen LogP contribution is -2.49. The maximum atomic E-state index is 12.3. The number of hydrogen-bond donors (Lipinski definition) is 2. The number of carbonyl (C=O) groups excluding carboxylic acids is 2. The van der Waals surface area contributed by atoms with E-state index in [4.69, 9.17) is 10.5 Å². The van der Waals surface area contributed by atoms with E-state index in [-0.39, 0.29) is 24.3 Å². The SMILES string of the molecule is CN(CC(=O)Nc1ccc(Br)cn1)C(=O)C(N)C1CCOCC1. The molecular formula is C15H21BrN4O3. The molecule has 1 aromatic rings. The van der Waals surface area contributed by atoms with Crippen LogP contribution in [0.1, 0.15) is 12.8 Å². The lowest BCUT2D eigenvalue weighted by atomic mass is 9.91. The smallest absolute Gasteiger partial charge is 0.245 e. The molecule has 0 aromatic carbocycles. The van der Waals surface area contributed by atoms with Gasteiger partial charge in [0.15, 0.2) is 0 Å². The summed E-state index contributed by atoms with van der Waals surface area (Å²) in [6, 6.07) is 2.86. The molecule has 1 aliphatic rings. The van der Waals surface area contributed by atoms with E-state index in [1.165, 1.54) is 4.90 Å². The highest BCUT2D eigenvalue weighted by Gasteiger charge is 2.29. The highest BCUT2D eigenvalue weighted by Crippen LogP contribution is 2.18. The molecule has 1 unspecified atom stereocenters. The van der Waals surface area contributed by atoms with E-state index in [0.29, 0.717) is 19.0 Å². The molecule has 2 heterocycles. The molecule has 0 spiro atoms. The maximum absolute atomic E-state index is 12.3. The van der Waals surface area contributed by atoms with Crippen molar-refractivity contribution in [3.63, 3.8) is 0 Å². The largest absolute Gasteiger partial charge is 0.381 e. The van der Waals surface area contributed by atoms with Crippen LogP contribution in [0.2, 0.25) is 0 Å². The summed E-state index contributed by atoms with van der Waals surface area (Å²) in [6.07, 6.45) is 3.14. The normalized spacial score (nSPS) is 16.7. The Morgan fingerprint density at radius 1 is 1.48 bits per heavy atom. The van der Waals surface area contributed by atoms with Crippen LogP contribution in [0.25, 0.3) is 0 Å². The number of anilines is 1. The molecule has 7 nitrogen and oxygen atoms in total. The number of carbonyl (C=O) groups is 2. The van der Waals surface area contributed by atoms with E-state index in [2.05, 4.69) is 26.2 Å². The second-order valence-corrected chi connectivity index (χ2v) is 6.50. The summed E-state index contributed by atoms with van der Waals surface area (Å²) in [4.78, 5) is 29.7. The van der Waals surface area contributed by atoms with E-state index in [1.807, 2.05) is 0 Å². The fourth-order valence-corrected chi connectivity index (χ4v) is 2.69. The van der Waals surface area contributed by atoms with Gasteiger partial charge in [0.1, 0.15) is 5.82 Å². The minimum Gasteiger partial charge on any atom is -0.381 e. The van der Waals surface area contributed by atoms with E-state index in [0.717, 1.165) is 17.3 Å². The third-order valence-electron chi connectivity index (χ3n) is 3.81. The van der Waals surface area contributed by atoms with Crippen LogP contribution < -0.4 is 11.1 Å². The number of pyridine rings is 1. The molecule has 0 radical (unpaired) electrons. The predicted octanol–water partition coefficient (Wildman–Crippen LogP) is 0.995. The van der Waals surface area contributed by atoms with Gasteiger partial charge in [0.25, 0.3) is 0 Å². The molecule has 1 aliphatic heterocycles. The average molecular weight is 385 g/mol. The number of aromatic nitrogens is 1. The lowest BCUT2D eigenvalue weighted by molar-refractivity contribution is -0.136. The number of nitrogens with two attached hydrogens (primary N) is 1. The number of amides is 2. The molecule has 23 heavy (non-hydrogen) atoms. The summed E-state index contributed by atoms with van der Waals surface area (Å²) < 4.78 is 6.10.